The predicted octanol–water partition coefficient (Wildman–Crippen LogP) is 2.02. The molecule has 7 heteroatoms. The van der Waals surface area contributed by atoms with Crippen molar-refractivity contribution in [3.63, 3.8) is 0 Å². The van der Waals surface area contributed by atoms with Crippen molar-refractivity contribution < 1.29 is 14.3 Å². The molecule has 0 N–H and O–H groups in total. The lowest BCUT2D eigenvalue weighted by Gasteiger charge is -2.31. The number of nitrogens with zero attached hydrogens (tertiary/aromatic N) is 3. The van der Waals surface area contributed by atoms with E-state index in [2.05, 4.69) is 11.1 Å². The number of rotatable bonds is 5. The highest BCUT2D eigenvalue weighted by atomic mass is 32.1. The third-order valence-electron chi connectivity index (χ3n) is 3.64. The van der Waals surface area contributed by atoms with Gasteiger partial charge in [0, 0.05) is 11.9 Å². The van der Waals surface area contributed by atoms with Crippen molar-refractivity contribution in [2.45, 2.75) is 19.1 Å². The Bertz CT molecular complexity index is 726. The molecule has 0 saturated carbocycles. The van der Waals surface area contributed by atoms with E-state index in [0.29, 0.717) is 25.5 Å². The molecule has 0 radical (unpaired) electrons. The van der Waals surface area contributed by atoms with E-state index in [1.165, 1.54) is 11.3 Å². The summed E-state index contributed by atoms with van der Waals surface area (Å²) in [6, 6.07) is 11.1. The van der Waals surface area contributed by atoms with Gasteiger partial charge in [0.05, 0.1) is 31.4 Å². The Morgan fingerprint density at radius 3 is 3.08 bits per heavy atom. The van der Waals surface area contributed by atoms with Gasteiger partial charge in [0.25, 0.3) is 0 Å². The summed E-state index contributed by atoms with van der Waals surface area (Å²) in [6.07, 6.45) is 0.194. The van der Waals surface area contributed by atoms with Gasteiger partial charge in [-0.2, -0.15) is 5.26 Å². The van der Waals surface area contributed by atoms with Crippen LogP contribution in [0.3, 0.4) is 0 Å². The van der Waals surface area contributed by atoms with Gasteiger partial charge in [-0.05, 0) is 12.1 Å². The lowest BCUT2D eigenvalue weighted by molar-refractivity contribution is -0.137. The van der Waals surface area contributed by atoms with Crippen LogP contribution in [-0.4, -0.2) is 41.6 Å². The van der Waals surface area contributed by atoms with E-state index in [0.717, 1.165) is 10.8 Å². The first-order valence-corrected chi connectivity index (χ1v) is 8.52. The maximum Gasteiger partial charge on any atom is 0.229 e. The lowest BCUT2D eigenvalue weighted by atomic mass is 10.2. The molecule has 1 amide bonds. The zero-order chi connectivity index (χ0) is 16.8. The summed E-state index contributed by atoms with van der Waals surface area (Å²) in [7, 11) is 0. The number of para-hydroxylation sites is 1. The highest BCUT2D eigenvalue weighted by Gasteiger charge is 2.27. The third-order valence-corrected chi connectivity index (χ3v) is 4.51. The average molecular weight is 343 g/mol. The second-order valence-corrected chi connectivity index (χ2v) is 6.26. The number of hydrogen-bond acceptors (Lipinski definition) is 6. The van der Waals surface area contributed by atoms with Gasteiger partial charge in [-0.15, -0.1) is 11.3 Å². The smallest absolute Gasteiger partial charge is 0.229 e. The van der Waals surface area contributed by atoms with E-state index >= 15 is 0 Å². The molecule has 1 aromatic carbocycles. The maximum atomic E-state index is 12.4. The van der Waals surface area contributed by atoms with Crippen LogP contribution in [0, 0.1) is 11.3 Å². The van der Waals surface area contributed by atoms with Crippen LogP contribution in [0.2, 0.25) is 0 Å². The van der Waals surface area contributed by atoms with Crippen LogP contribution >= 0.6 is 11.3 Å². The van der Waals surface area contributed by atoms with Crippen LogP contribution in [0.25, 0.3) is 0 Å². The molecule has 124 valence electrons. The summed E-state index contributed by atoms with van der Waals surface area (Å²) in [4.78, 5) is 18.4. The number of hydrogen-bond donors (Lipinski definition) is 0. The summed E-state index contributed by atoms with van der Waals surface area (Å²) in [5.74, 6) is 0.696. The van der Waals surface area contributed by atoms with E-state index in [1.54, 1.807) is 4.90 Å². The molecule has 1 aromatic heterocycles. The van der Waals surface area contributed by atoms with Gasteiger partial charge >= 0.3 is 0 Å². The summed E-state index contributed by atoms with van der Waals surface area (Å²) in [5, 5.41) is 11.8. The Kier molecular flexibility index (Phi) is 5.41. The number of ether oxygens (including phenoxy) is 2. The molecule has 2 heterocycles. The Labute approximate surface area is 144 Å². The van der Waals surface area contributed by atoms with Crippen LogP contribution in [0.15, 0.2) is 35.7 Å². The fraction of sp³-hybridized carbons (Fsp3) is 0.353. The second kappa shape index (κ2) is 7.90. The number of carbonyl (C=O) groups excluding carboxylic acids is 1. The maximum absolute atomic E-state index is 12.4. The topological polar surface area (TPSA) is 75.5 Å². The van der Waals surface area contributed by atoms with Crippen LogP contribution in [0.4, 0.5) is 0 Å². The molecule has 24 heavy (non-hydrogen) atoms. The van der Waals surface area contributed by atoms with Crippen LogP contribution in [0.5, 0.6) is 5.75 Å². The van der Waals surface area contributed by atoms with E-state index < -0.39 is 6.04 Å². The number of aromatic nitrogens is 1. The standard InChI is InChI=1S/C17H17N3O3S/c18-9-14-10-22-7-6-20(14)17(21)8-13-12-24-16(19-13)11-23-15-4-2-1-3-5-15/h1-5,12,14H,6-8,10-11H2. The molecule has 3 rings (SSSR count). The lowest BCUT2D eigenvalue weighted by Crippen LogP contribution is -2.48. The van der Waals surface area contributed by atoms with Crippen LogP contribution in [-0.2, 0) is 22.6 Å². The Hall–Kier alpha value is -2.43. The van der Waals surface area contributed by atoms with Crippen molar-refractivity contribution in [2.24, 2.45) is 0 Å². The van der Waals surface area contributed by atoms with Gasteiger partial charge in [-0.3, -0.25) is 4.79 Å². The number of morpholine rings is 1. The third kappa shape index (κ3) is 4.10. The predicted molar refractivity (Wildman–Crippen MR) is 88.5 cm³/mol. The molecular formula is C17H17N3O3S. The van der Waals surface area contributed by atoms with Gasteiger partial charge in [-0.1, -0.05) is 18.2 Å². The molecule has 0 spiro atoms. The van der Waals surface area contributed by atoms with Crippen molar-refractivity contribution >= 4 is 17.2 Å². The number of nitriles is 1. The molecule has 0 bridgehead atoms. The first-order valence-electron chi connectivity index (χ1n) is 7.64. The molecule has 0 aliphatic carbocycles. The summed E-state index contributed by atoms with van der Waals surface area (Å²) in [5.41, 5.74) is 0.708. The first-order chi connectivity index (χ1) is 11.8. The van der Waals surface area contributed by atoms with E-state index in [1.807, 2.05) is 35.7 Å². The number of benzene rings is 1. The number of thiazole rings is 1. The fourth-order valence-corrected chi connectivity index (χ4v) is 3.13. The molecule has 2 aromatic rings. The van der Waals surface area contributed by atoms with Gasteiger partial charge in [0.15, 0.2) is 0 Å². The molecule has 6 nitrogen and oxygen atoms in total. The van der Waals surface area contributed by atoms with Crippen molar-refractivity contribution in [2.75, 3.05) is 19.8 Å². The Morgan fingerprint density at radius 1 is 1.46 bits per heavy atom. The highest BCUT2D eigenvalue weighted by molar-refractivity contribution is 7.09. The van der Waals surface area contributed by atoms with Gasteiger partial charge < -0.3 is 14.4 Å². The van der Waals surface area contributed by atoms with E-state index in [9.17, 15) is 4.79 Å². The normalized spacial score (nSPS) is 17.3. The number of amides is 1. The quantitative estimate of drug-likeness (QED) is 0.830. The molecule has 1 aliphatic heterocycles. The Balaban J connectivity index is 1.55. The minimum Gasteiger partial charge on any atom is -0.486 e. The molecule has 1 unspecified atom stereocenters. The van der Waals surface area contributed by atoms with Crippen molar-refractivity contribution in [1.82, 2.24) is 9.88 Å². The monoisotopic (exact) mass is 343 g/mol. The molecular weight excluding hydrogens is 326 g/mol. The van der Waals surface area contributed by atoms with E-state index in [4.69, 9.17) is 14.7 Å². The number of carbonyl (C=O) groups is 1. The fourth-order valence-electron chi connectivity index (χ4n) is 2.42. The van der Waals surface area contributed by atoms with Gasteiger partial charge in [0.1, 0.15) is 23.4 Å². The van der Waals surface area contributed by atoms with Crippen LogP contribution < -0.4 is 4.74 Å². The van der Waals surface area contributed by atoms with Crippen molar-refractivity contribution in [3.8, 4) is 11.8 Å². The van der Waals surface area contributed by atoms with E-state index in [-0.39, 0.29) is 18.9 Å². The minimum absolute atomic E-state index is 0.0920. The average Bonchev–Trinajstić information content (AvgIpc) is 3.08. The Morgan fingerprint density at radius 2 is 2.29 bits per heavy atom. The van der Waals surface area contributed by atoms with Crippen molar-refractivity contribution in [3.05, 3.63) is 46.4 Å². The molecule has 1 fully saturated rings. The zero-order valence-electron chi connectivity index (χ0n) is 13.1. The van der Waals surface area contributed by atoms with Gasteiger partial charge in [0.2, 0.25) is 5.91 Å². The second-order valence-electron chi connectivity index (χ2n) is 5.32. The van der Waals surface area contributed by atoms with Gasteiger partial charge in [-0.25, -0.2) is 4.98 Å². The summed E-state index contributed by atoms with van der Waals surface area (Å²) < 4.78 is 10.9. The summed E-state index contributed by atoms with van der Waals surface area (Å²) in [6.45, 7) is 1.57. The minimum atomic E-state index is -0.509. The summed E-state index contributed by atoms with van der Waals surface area (Å²) >= 11 is 1.47. The molecule has 1 atom stereocenters. The zero-order valence-corrected chi connectivity index (χ0v) is 13.9. The highest BCUT2D eigenvalue weighted by Crippen LogP contribution is 2.16. The first kappa shape index (κ1) is 16.4. The largest absolute Gasteiger partial charge is 0.486 e. The molecule has 1 aliphatic rings. The molecule has 1 saturated heterocycles. The SMILES string of the molecule is N#CC1COCCN1C(=O)Cc1csc(COc2ccccc2)n1. The van der Waals surface area contributed by atoms with Crippen LogP contribution in [0.1, 0.15) is 10.7 Å². The van der Waals surface area contributed by atoms with Crippen molar-refractivity contribution in [1.29, 1.82) is 5.26 Å².